The molecular formula is C18H18FN7O. The number of pyridine rings is 1. The van der Waals surface area contributed by atoms with E-state index < -0.39 is 11.7 Å². The molecule has 9 heteroatoms. The van der Waals surface area contributed by atoms with Crippen molar-refractivity contribution in [3.05, 3.63) is 48.1 Å². The van der Waals surface area contributed by atoms with Crippen molar-refractivity contribution < 1.29 is 9.18 Å². The van der Waals surface area contributed by atoms with E-state index in [0.717, 1.165) is 19.5 Å². The Kier molecular flexibility index (Phi) is 3.26. The molecular weight excluding hydrogens is 349 g/mol. The molecule has 4 heterocycles. The van der Waals surface area contributed by atoms with E-state index >= 15 is 0 Å². The largest absolute Gasteiger partial charge is 0.353 e. The van der Waals surface area contributed by atoms with Gasteiger partial charge in [0, 0.05) is 37.1 Å². The second kappa shape index (κ2) is 5.46. The van der Waals surface area contributed by atoms with Gasteiger partial charge in [0.2, 0.25) is 0 Å². The van der Waals surface area contributed by atoms with Crippen molar-refractivity contribution in [2.75, 3.05) is 23.3 Å². The molecule has 27 heavy (non-hydrogen) atoms. The number of carbonyl (C=O) groups excluding carboxylic acids is 1. The molecule has 2 unspecified atom stereocenters. The fourth-order valence-electron chi connectivity index (χ4n) is 3.74. The maximum Gasteiger partial charge on any atom is 0.275 e. The molecule has 1 aliphatic carbocycles. The van der Waals surface area contributed by atoms with Crippen LogP contribution in [-0.2, 0) is 0 Å². The highest BCUT2D eigenvalue weighted by molar-refractivity contribution is 6.02. The molecule has 1 saturated carbocycles. The van der Waals surface area contributed by atoms with Crippen LogP contribution in [0.15, 0.2) is 30.9 Å². The summed E-state index contributed by atoms with van der Waals surface area (Å²) in [6.45, 7) is 3.42. The fraction of sp³-hybridized carbons (Fsp3) is 0.333. The Bertz CT molecular complexity index is 1060. The predicted molar refractivity (Wildman–Crippen MR) is 97.1 cm³/mol. The van der Waals surface area contributed by atoms with Crippen LogP contribution in [-0.4, -0.2) is 43.9 Å². The van der Waals surface area contributed by atoms with E-state index in [0.29, 0.717) is 23.1 Å². The van der Waals surface area contributed by atoms with Crippen LogP contribution in [0.25, 0.3) is 5.65 Å². The number of hydrogen-bond donors (Lipinski definition) is 2. The topological polar surface area (TPSA) is 101 Å². The number of amides is 1. The average molecular weight is 367 g/mol. The smallest absolute Gasteiger partial charge is 0.275 e. The van der Waals surface area contributed by atoms with Gasteiger partial charge in [-0.05, 0) is 19.3 Å². The van der Waals surface area contributed by atoms with Crippen LogP contribution < -0.4 is 16.0 Å². The second-order valence-corrected chi connectivity index (χ2v) is 7.42. The highest BCUT2D eigenvalue weighted by Gasteiger charge is 2.57. The van der Waals surface area contributed by atoms with Gasteiger partial charge < -0.3 is 20.4 Å². The maximum absolute atomic E-state index is 14.1. The lowest BCUT2D eigenvalue weighted by atomic mass is 10.3. The third kappa shape index (κ3) is 2.71. The maximum atomic E-state index is 14.1. The minimum Gasteiger partial charge on any atom is -0.353 e. The minimum atomic E-state index is -0.509. The lowest BCUT2D eigenvalue weighted by Crippen LogP contribution is -2.33. The zero-order valence-electron chi connectivity index (χ0n) is 14.7. The first-order valence-electron chi connectivity index (χ1n) is 8.73. The molecule has 0 spiro atoms. The summed E-state index contributed by atoms with van der Waals surface area (Å²) in [4.78, 5) is 27.1. The number of imidazole rings is 1. The minimum absolute atomic E-state index is 0.0773. The standard InChI is InChI=1S/C18H18FN7O/c1-10-6-25-8-12(2-13(19)16(25)23-10)24-17(27)14-4-22-15(5-21-14)26-7-11-3-18(11,20)9-26/h2,4-6,8,11H,3,7,9,20H2,1H3,(H,24,27). The average Bonchev–Trinajstić information content (AvgIpc) is 2.95. The van der Waals surface area contributed by atoms with Gasteiger partial charge in [-0.1, -0.05) is 0 Å². The van der Waals surface area contributed by atoms with Gasteiger partial charge in [-0.15, -0.1) is 0 Å². The van der Waals surface area contributed by atoms with E-state index in [-0.39, 0.29) is 16.9 Å². The molecule has 1 saturated heterocycles. The van der Waals surface area contributed by atoms with E-state index in [2.05, 4.69) is 25.2 Å². The lowest BCUT2D eigenvalue weighted by Gasteiger charge is -2.19. The molecule has 2 aliphatic rings. The molecule has 0 bridgehead atoms. The summed E-state index contributed by atoms with van der Waals surface area (Å²) in [6.07, 6.45) is 7.36. The number of nitrogens with one attached hydrogen (secondary N) is 1. The van der Waals surface area contributed by atoms with Gasteiger partial charge >= 0.3 is 0 Å². The van der Waals surface area contributed by atoms with Crippen LogP contribution in [0.5, 0.6) is 0 Å². The van der Waals surface area contributed by atoms with Crippen LogP contribution in [0.1, 0.15) is 22.6 Å². The van der Waals surface area contributed by atoms with Crippen LogP contribution in [0.4, 0.5) is 15.9 Å². The number of anilines is 2. The summed E-state index contributed by atoms with van der Waals surface area (Å²) in [5, 5.41) is 2.65. The summed E-state index contributed by atoms with van der Waals surface area (Å²) in [6, 6.07) is 1.23. The van der Waals surface area contributed by atoms with E-state index in [9.17, 15) is 9.18 Å². The first kappa shape index (κ1) is 16.1. The number of hydrogen-bond acceptors (Lipinski definition) is 6. The first-order valence-corrected chi connectivity index (χ1v) is 8.73. The number of carbonyl (C=O) groups is 1. The third-order valence-electron chi connectivity index (χ3n) is 5.28. The summed E-state index contributed by atoms with van der Waals surface area (Å²) in [5.74, 6) is 0.277. The van der Waals surface area contributed by atoms with Gasteiger partial charge in [0.15, 0.2) is 11.5 Å². The summed E-state index contributed by atoms with van der Waals surface area (Å²) in [7, 11) is 0. The molecule has 5 rings (SSSR count). The molecule has 3 aromatic heterocycles. The number of nitrogens with zero attached hydrogens (tertiary/aromatic N) is 5. The molecule has 138 valence electrons. The molecule has 2 atom stereocenters. The van der Waals surface area contributed by atoms with Gasteiger partial charge in [0.25, 0.3) is 5.91 Å². The van der Waals surface area contributed by atoms with Crippen LogP contribution in [0, 0.1) is 18.7 Å². The summed E-state index contributed by atoms with van der Waals surface area (Å²) < 4.78 is 15.7. The van der Waals surface area contributed by atoms with Gasteiger partial charge in [0.1, 0.15) is 11.5 Å². The van der Waals surface area contributed by atoms with Crippen molar-refractivity contribution in [2.45, 2.75) is 18.9 Å². The number of aryl methyl sites for hydroxylation is 1. The van der Waals surface area contributed by atoms with Gasteiger partial charge in [-0.2, -0.15) is 0 Å². The number of aromatic nitrogens is 4. The van der Waals surface area contributed by atoms with Crippen molar-refractivity contribution in [2.24, 2.45) is 11.7 Å². The Hall–Kier alpha value is -3.07. The van der Waals surface area contributed by atoms with Crippen LogP contribution in [0.3, 0.4) is 0 Å². The number of nitrogens with two attached hydrogens (primary N) is 1. The van der Waals surface area contributed by atoms with Crippen molar-refractivity contribution >= 4 is 23.1 Å². The predicted octanol–water partition coefficient (Wildman–Crippen LogP) is 1.36. The van der Waals surface area contributed by atoms with Crippen LogP contribution in [0.2, 0.25) is 0 Å². The van der Waals surface area contributed by atoms with E-state index in [1.165, 1.54) is 16.7 Å². The first-order chi connectivity index (χ1) is 12.9. The highest BCUT2D eigenvalue weighted by atomic mass is 19.1. The molecule has 2 fully saturated rings. The number of rotatable bonds is 3. The van der Waals surface area contributed by atoms with Gasteiger partial charge in [-0.3, -0.25) is 4.79 Å². The summed E-state index contributed by atoms with van der Waals surface area (Å²) in [5.41, 5.74) is 7.52. The zero-order valence-corrected chi connectivity index (χ0v) is 14.7. The van der Waals surface area contributed by atoms with Gasteiger partial charge in [-0.25, -0.2) is 19.3 Å². The Balaban J connectivity index is 1.32. The summed E-state index contributed by atoms with van der Waals surface area (Å²) >= 11 is 0. The number of halogens is 1. The van der Waals surface area contributed by atoms with Gasteiger partial charge in [0.05, 0.1) is 23.8 Å². The molecule has 0 radical (unpaired) electrons. The Morgan fingerprint density at radius 3 is 2.93 bits per heavy atom. The second-order valence-electron chi connectivity index (χ2n) is 7.42. The molecule has 8 nitrogen and oxygen atoms in total. The Labute approximate surface area is 154 Å². The monoisotopic (exact) mass is 367 g/mol. The molecule has 1 aliphatic heterocycles. The molecule has 3 N–H and O–H groups in total. The molecule has 1 amide bonds. The highest BCUT2D eigenvalue weighted by Crippen LogP contribution is 2.47. The quantitative estimate of drug-likeness (QED) is 0.725. The van der Waals surface area contributed by atoms with E-state index in [1.807, 2.05) is 0 Å². The fourth-order valence-corrected chi connectivity index (χ4v) is 3.74. The van der Waals surface area contributed by atoms with Crippen molar-refractivity contribution in [3.63, 3.8) is 0 Å². The number of piperidine rings is 1. The van der Waals surface area contributed by atoms with Crippen molar-refractivity contribution in [3.8, 4) is 0 Å². The van der Waals surface area contributed by atoms with Crippen LogP contribution >= 0.6 is 0 Å². The van der Waals surface area contributed by atoms with E-state index in [1.54, 1.807) is 25.5 Å². The number of fused-ring (bicyclic) bond motifs is 2. The van der Waals surface area contributed by atoms with Crippen molar-refractivity contribution in [1.82, 2.24) is 19.4 Å². The normalized spacial score (nSPS) is 23.5. The lowest BCUT2D eigenvalue weighted by molar-refractivity contribution is 0.102. The van der Waals surface area contributed by atoms with E-state index in [4.69, 9.17) is 5.73 Å². The van der Waals surface area contributed by atoms with Crippen molar-refractivity contribution in [1.29, 1.82) is 0 Å². The molecule has 3 aromatic rings. The SMILES string of the molecule is Cc1cn2cc(NC(=O)c3cnc(N4CC5CC5(N)C4)cn3)cc(F)c2n1. The Morgan fingerprint density at radius 2 is 2.22 bits per heavy atom. The zero-order chi connectivity index (χ0) is 18.8. The third-order valence-corrected chi connectivity index (χ3v) is 5.28. The molecule has 0 aromatic carbocycles. The Morgan fingerprint density at radius 1 is 1.37 bits per heavy atom.